The molecule has 0 aromatic carbocycles. The van der Waals surface area contributed by atoms with Crippen molar-refractivity contribution in [1.29, 1.82) is 0 Å². The molecule has 0 unspecified atom stereocenters. The third-order valence-electron chi connectivity index (χ3n) is 4.51. The van der Waals surface area contributed by atoms with Gasteiger partial charge in [-0.1, -0.05) is 0 Å². The molecule has 2 nitrogen and oxygen atoms in total. The van der Waals surface area contributed by atoms with Crippen molar-refractivity contribution < 1.29 is 9.90 Å². The Bertz CT molecular complexity index is 222. The lowest BCUT2D eigenvalue weighted by Gasteiger charge is -2.52. The summed E-state index contributed by atoms with van der Waals surface area (Å²) in [5.41, 5.74) is -0.172. The molecular formula is C11H17O2+. The predicted molar refractivity (Wildman–Crippen MR) is 50.2 cm³/mol. The Labute approximate surface area is 78.3 Å². The van der Waals surface area contributed by atoms with Gasteiger partial charge in [-0.3, -0.25) is 0 Å². The number of carboxylic acids is 1. The summed E-state index contributed by atoms with van der Waals surface area (Å²) in [6.07, 6.45) is 7.19. The minimum absolute atomic E-state index is 0.172. The van der Waals surface area contributed by atoms with Crippen LogP contribution in [0, 0.1) is 23.2 Å². The van der Waals surface area contributed by atoms with E-state index in [0.717, 1.165) is 37.0 Å². The minimum atomic E-state index is -0.258. The Kier molecular flexibility index (Phi) is 1.38. The molecule has 0 atom stereocenters. The zero-order valence-electron chi connectivity index (χ0n) is 7.87. The molecule has 2 heteroatoms. The standard InChI is InChI=1S/C11H16O2/c12-10(13)11-4-7-1-8(5-11)3-9(2-7)6-11/h7-9H,1-6H2,(H,12,13)/p+1. The van der Waals surface area contributed by atoms with Crippen LogP contribution in [0.4, 0.5) is 0 Å². The van der Waals surface area contributed by atoms with Gasteiger partial charge in [0.25, 0.3) is 0 Å². The zero-order chi connectivity index (χ0) is 9.05. The number of carboxylic acid groups (broad SMARTS) is 1. The highest BCUT2D eigenvalue weighted by Gasteiger charge is 2.57. The van der Waals surface area contributed by atoms with Crippen LogP contribution in [0.5, 0.6) is 0 Å². The fourth-order valence-corrected chi connectivity index (χ4v) is 4.38. The maximum absolute atomic E-state index is 9.39. The second-order valence-electron chi connectivity index (χ2n) is 5.52. The topological polar surface area (TPSA) is 41.6 Å². The van der Waals surface area contributed by atoms with Crippen LogP contribution in [0.1, 0.15) is 38.5 Å². The molecule has 0 radical (unpaired) electrons. The summed E-state index contributed by atoms with van der Waals surface area (Å²) in [5, 5.41) is 9.39. The van der Waals surface area contributed by atoms with Crippen LogP contribution < -0.4 is 0 Å². The van der Waals surface area contributed by atoms with E-state index >= 15 is 0 Å². The first-order valence-corrected chi connectivity index (χ1v) is 5.43. The van der Waals surface area contributed by atoms with Gasteiger partial charge in [0.1, 0.15) is 5.41 Å². The normalized spacial score (nSPS) is 52.5. The van der Waals surface area contributed by atoms with E-state index in [1.165, 1.54) is 19.3 Å². The van der Waals surface area contributed by atoms with Gasteiger partial charge in [-0.15, -0.1) is 0 Å². The number of hydrogen-bond donors (Lipinski definition) is 1. The van der Waals surface area contributed by atoms with Gasteiger partial charge in [-0.05, 0) is 56.3 Å². The fraction of sp³-hybridized carbons (Fsp3) is 0.909. The first kappa shape index (κ1) is 7.84. The molecule has 4 rings (SSSR count). The summed E-state index contributed by atoms with van der Waals surface area (Å²) in [6.45, 7) is 0. The van der Waals surface area contributed by atoms with Crippen molar-refractivity contribution in [3.8, 4) is 0 Å². The predicted octanol–water partition coefficient (Wildman–Crippen LogP) is 2.26. The summed E-state index contributed by atoms with van der Waals surface area (Å²) in [6, 6.07) is 0. The number of rotatable bonds is 1. The lowest BCUT2D eigenvalue weighted by atomic mass is 9.49. The molecule has 13 heavy (non-hydrogen) atoms. The average molecular weight is 181 g/mol. The second kappa shape index (κ2) is 2.28. The Morgan fingerprint density at radius 1 is 1.00 bits per heavy atom. The van der Waals surface area contributed by atoms with E-state index in [2.05, 4.69) is 0 Å². The van der Waals surface area contributed by atoms with Crippen LogP contribution in [0.25, 0.3) is 0 Å². The largest absolute Gasteiger partial charge is 0.486 e. The first-order valence-electron chi connectivity index (χ1n) is 5.43. The number of aliphatic carboxylic acids is 1. The van der Waals surface area contributed by atoms with Crippen LogP contribution in [0.3, 0.4) is 0 Å². The van der Waals surface area contributed by atoms with Crippen molar-refractivity contribution in [3.63, 3.8) is 0 Å². The molecule has 2 N–H and O–H groups in total. The van der Waals surface area contributed by atoms with Crippen molar-refractivity contribution in [3.05, 3.63) is 0 Å². The lowest BCUT2D eigenvalue weighted by molar-refractivity contribution is -0.0256. The van der Waals surface area contributed by atoms with Gasteiger partial charge in [0.15, 0.2) is 0 Å². The highest BCUT2D eigenvalue weighted by atomic mass is 16.4. The third kappa shape index (κ3) is 0.976. The SMILES string of the molecule is OC(=[OH+])C12CC3CC(CC(C3)C1)C2. The Morgan fingerprint density at radius 2 is 1.38 bits per heavy atom. The second-order valence-corrected chi connectivity index (χ2v) is 5.52. The van der Waals surface area contributed by atoms with E-state index in [0.29, 0.717) is 0 Å². The van der Waals surface area contributed by atoms with E-state index in [1.54, 1.807) is 0 Å². The van der Waals surface area contributed by atoms with Crippen LogP contribution in [-0.4, -0.2) is 15.9 Å². The van der Waals surface area contributed by atoms with E-state index in [4.69, 9.17) is 0 Å². The molecule has 0 amide bonds. The zero-order valence-corrected chi connectivity index (χ0v) is 7.87. The maximum Gasteiger partial charge on any atom is 0.486 e. The van der Waals surface area contributed by atoms with Gasteiger partial charge in [-0.25, -0.2) is 0 Å². The van der Waals surface area contributed by atoms with Crippen LogP contribution >= 0.6 is 0 Å². The summed E-state index contributed by atoms with van der Waals surface area (Å²) < 4.78 is 0. The molecule has 4 fully saturated rings. The average Bonchev–Trinajstić information content (AvgIpc) is 2.00. The quantitative estimate of drug-likeness (QED) is 0.619. The van der Waals surface area contributed by atoms with E-state index in [1.807, 2.05) is 0 Å². The van der Waals surface area contributed by atoms with Crippen LogP contribution in [0.15, 0.2) is 0 Å². The smallest absolute Gasteiger partial charge is 0.339 e. The molecule has 4 aliphatic rings. The first-order chi connectivity index (χ1) is 6.18. The Morgan fingerprint density at radius 3 is 1.69 bits per heavy atom. The Balaban J connectivity index is 1.95. The van der Waals surface area contributed by atoms with Crippen molar-refractivity contribution in [2.75, 3.05) is 0 Å². The van der Waals surface area contributed by atoms with Crippen LogP contribution in [-0.2, 0) is 0 Å². The summed E-state index contributed by atoms with van der Waals surface area (Å²) >= 11 is 0. The molecule has 0 aromatic heterocycles. The van der Waals surface area contributed by atoms with E-state index in [-0.39, 0.29) is 11.4 Å². The number of aliphatic hydroxyl groups excluding tert-OH is 1. The molecule has 0 saturated heterocycles. The highest BCUT2D eigenvalue weighted by molar-refractivity contribution is 5.76. The van der Waals surface area contributed by atoms with Gasteiger partial charge in [0.2, 0.25) is 0 Å². The molecule has 72 valence electrons. The third-order valence-corrected chi connectivity index (χ3v) is 4.51. The van der Waals surface area contributed by atoms with Crippen molar-refractivity contribution in [1.82, 2.24) is 0 Å². The molecule has 4 aliphatic carbocycles. The summed E-state index contributed by atoms with van der Waals surface area (Å²) in [5.74, 6) is 2.12. The molecular weight excluding hydrogens is 164 g/mol. The molecule has 4 saturated carbocycles. The van der Waals surface area contributed by atoms with Gasteiger partial charge in [0.05, 0.1) is 0 Å². The fourth-order valence-electron chi connectivity index (χ4n) is 4.38. The molecule has 0 heterocycles. The molecule has 0 spiro atoms. The van der Waals surface area contributed by atoms with Gasteiger partial charge in [-0.2, -0.15) is 0 Å². The van der Waals surface area contributed by atoms with E-state index in [9.17, 15) is 9.90 Å². The van der Waals surface area contributed by atoms with Crippen LogP contribution in [0.2, 0.25) is 0 Å². The van der Waals surface area contributed by atoms with Gasteiger partial charge >= 0.3 is 5.97 Å². The van der Waals surface area contributed by atoms with Crippen molar-refractivity contribution in [2.45, 2.75) is 38.5 Å². The van der Waals surface area contributed by atoms with Crippen molar-refractivity contribution >= 4 is 5.97 Å². The Hall–Kier alpha value is -0.530. The lowest BCUT2D eigenvalue weighted by Crippen LogP contribution is -2.50. The van der Waals surface area contributed by atoms with Crippen molar-refractivity contribution in [2.24, 2.45) is 23.2 Å². The molecule has 4 bridgehead atoms. The molecule has 0 aromatic rings. The van der Waals surface area contributed by atoms with Gasteiger partial charge in [0, 0.05) is 0 Å². The monoisotopic (exact) mass is 181 g/mol. The maximum atomic E-state index is 9.39. The number of hydrogen-bond acceptors (Lipinski definition) is 0. The summed E-state index contributed by atoms with van der Waals surface area (Å²) in [4.78, 5) is 9.39. The molecule has 0 aliphatic heterocycles. The highest BCUT2D eigenvalue weighted by Crippen LogP contribution is 2.59. The minimum Gasteiger partial charge on any atom is -0.339 e. The summed E-state index contributed by atoms with van der Waals surface area (Å²) in [7, 11) is 0. The van der Waals surface area contributed by atoms with E-state index < -0.39 is 0 Å². The van der Waals surface area contributed by atoms with Gasteiger partial charge < -0.3 is 9.90 Å².